The lowest BCUT2D eigenvalue weighted by Gasteiger charge is -2.46. The molecule has 1 fully saturated rings. The molecule has 1 aliphatic heterocycles. The minimum absolute atomic E-state index is 0.00236. The molecule has 25 heavy (non-hydrogen) atoms. The SMILES string of the molecule is CC1(C)CC(Oc2ccc(-c3ccc(O)cc3O)nn2)CC(C)(C)N1. The summed E-state index contributed by atoms with van der Waals surface area (Å²) < 4.78 is 6.05. The minimum Gasteiger partial charge on any atom is -0.508 e. The Morgan fingerprint density at radius 2 is 1.68 bits per heavy atom. The monoisotopic (exact) mass is 343 g/mol. The van der Waals surface area contributed by atoms with Gasteiger partial charge in [-0.15, -0.1) is 10.2 Å². The Kier molecular flexibility index (Phi) is 4.33. The molecule has 0 saturated carbocycles. The number of nitrogens with one attached hydrogen (secondary N) is 1. The highest BCUT2D eigenvalue weighted by atomic mass is 16.5. The van der Waals surface area contributed by atoms with E-state index >= 15 is 0 Å². The van der Waals surface area contributed by atoms with Gasteiger partial charge in [-0.25, -0.2) is 0 Å². The van der Waals surface area contributed by atoms with Gasteiger partial charge >= 0.3 is 0 Å². The van der Waals surface area contributed by atoms with E-state index in [1.807, 2.05) is 0 Å². The lowest BCUT2D eigenvalue weighted by molar-refractivity contribution is 0.0524. The zero-order valence-corrected chi connectivity index (χ0v) is 15.1. The quantitative estimate of drug-likeness (QED) is 0.793. The van der Waals surface area contributed by atoms with Crippen LogP contribution in [0.3, 0.4) is 0 Å². The molecule has 1 saturated heterocycles. The van der Waals surface area contributed by atoms with Gasteiger partial charge in [0.2, 0.25) is 5.88 Å². The Morgan fingerprint density at radius 3 is 2.24 bits per heavy atom. The van der Waals surface area contributed by atoms with Gasteiger partial charge in [-0.2, -0.15) is 0 Å². The Morgan fingerprint density at radius 1 is 1.00 bits per heavy atom. The van der Waals surface area contributed by atoms with E-state index in [-0.39, 0.29) is 28.7 Å². The second kappa shape index (κ2) is 6.19. The summed E-state index contributed by atoms with van der Waals surface area (Å²) in [5.74, 6) is 0.440. The molecule has 0 spiro atoms. The third kappa shape index (κ3) is 4.20. The molecular formula is C19H25N3O3. The standard InChI is InChI=1S/C19H25N3O3/c1-18(2)10-13(11-19(3,4)22-18)25-17-8-7-15(20-21-17)14-6-5-12(23)9-16(14)24/h5-9,13,22-24H,10-11H2,1-4H3. The van der Waals surface area contributed by atoms with Gasteiger partial charge < -0.3 is 20.3 Å². The van der Waals surface area contributed by atoms with Crippen LogP contribution < -0.4 is 10.1 Å². The molecule has 1 aliphatic rings. The van der Waals surface area contributed by atoms with Crippen molar-refractivity contribution >= 4 is 0 Å². The summed E-state index contributed by atoms with van der Waals surface area (Å²) in [5, 5.41) is 31.2. The molecule has 134 valence electrons. The van der Waals surface area contributed by atoms with Gasteiger partial charge in [0.25, 0.3) is 0 Å². The van der Waals surface area contributed by atoms with E-state index in [1.165, 1.54) is 12.1 Å². The summed E-state index contributed by atoms with van der Waals surface area (Å²) in [6.45, 7) is 8.69. The molecule has 0 radical (unpaired) electrons. The highest BCUT2D eigenvalue weighted by molar-refractivity contribution is 5.67. The molecule has 1 aromatic carbocycles. The van der Waals surface area contributed by atoms with E-state index < -0.39 is 0 Å². The van der Waals surface area contributed by atoms with E-state index in [1.54, 1.807) is 18.2 Å². The van der Waals surface area contributed by atoms with Crippen molar-refractivity contribution in [3.8, 4) is 28.6 Å². The number of aromatic hydroxyl groups is 2. The molecule has 0 atom stereocenters. The second-order valence-electron chi connectivity index (χ2n) is 8.00. The first-order valence-corrected chi connectivity index (χ1v) is 8.46. The number of nitrogens with zero attached hydrogens (tertiary/aromatic N) is 2. The zero-order chi connectivity index (χ0) is 18.2. The van der Waals surface area contributed by atoms with Crippen LogP contribution >= 0.6 is 0 Å². The smallest absolute Gasteiger partial charge is 0.233 e. The first kappa shape index (κ1) is 17.5. The van der Waals surface area contributed by atoms with E-state index in [0.717, 1.165) is 12.8 Å². The first-order valence-electron chi connectivity index (χ1n) is 8.46. The number of phenolic OH excluding ortho intramolecular Hbond substituents is 2. The van der Waals surface area contributed by atoms with Crippen LogP contribution in [0, 0.1) is 0 Å². The largest absolute Gasteiger partial charge is 0.508 e. The maximum absolute atomic E-state index is 9.92. The molecule has 2 heterocycles. The fourth-order valence-electron chi connectivity index (χ4n) is 3.75. The van der Waals surface area contributed by atoms with Crippen molar-refractivity contribution in [2.75, 3.05) is 0 Å². The molecule has 6 nitrogen and oxygen atoms in total. The highest BCUT2D eigenvalue weighted by Crippen LogP contribution is 2.33. The highest BCUT2D eigenvalue weighted by Gasteiger charge is 2.38. The third-order valence-corrected chi connectivity index (χ3v) is 4.34. The number of phenols is 2. The summed E-state index contributed by atoms with van der Waals surface area (Å²) in [4.78, 5) is 0. The van der Waals surface area contributed by atoms with Gasteiger partial charge in [0, 0.05) is 41.6 Å². The number of aromatic nitrogens is 2. The van der Waals surface area contributed by atoms with Crippen molar-refractivity contribution < 1.29 is 14.9 Å². The van der Waals surface area contributed by atoms with Crippen molar-refractivity contribution in [3.63, 3.8) is 0 Å². The maximum Gasteiger partial charge on any atom is 0.233 e. The summed E-state index contributed by atoms with van der Waals surface area (Å²) in [6.07, 6.45) is 1.84. The van der Waals surface area contributed by atoms with Crippen molar-refractivity contribution in [2.24, 2.45) is 0 Å². The Labute approximate surface area is 147 Å². The minimum atomic E-state index is -0.0372. The number of hydrogen-bond acceptors (Lipinski definition) is 6. The molecule has 1 aromatic heterocycles. The molecule has 0 unspecified atom stereocenters. The number of piperidine rings is 1. The van der Waals surface area contributed by atoms with E-state index in [4.69, 9.17) is 4.74 Å². The van der Waals surface area contributed by atoms with Gasteiger partial charge in [0.15, 0.2) is 0 Å². The van der Waals surface area contributed by atoms with Gasteiger partial charge in [-0.05, 0) is 45.9 Å². The molecule has 2 aromatic rings. The van der Waals surface area contributed by atoms with Gasteiger partial charge in [0.05, 0.1) is 5.69 Å². The predicted octanol–water partition coefficient (Wildman–Crippen LogP) is 3.24. The Hall–Kier alpha value is -2.34. The van der Waals surface area contributed by atoms with Crippen molar-refractivity contribution in [3.05, 3.63) is 30.3 Å². The van der Waals surface area contributed by atoms with Crippen LogP contribution in [0.15, 0.2) is 30.3 Å². The Bertz CT molecular complexity index is 741. The molecular weight excluding hydrogens is 318 g/mol. The number of benzene rings is 1. The van der Waals surface area contributed by atoms with E-state index in [9.17, 15) is 10.2 Å². The van der Waals surface area contributed by atoms with Crippen LogP contribution in [-0.2, 0) is 0 Å². The second-order valence-corrected chi connectivity index (χ2v) is 8.00. The molecule has 6 heteroatoms. The van der Waals surface area contributed by atoms with E-state index in [2.05, 4.69) is 43.2 Å². The maximum atomic E-state index is 9.92. The van der Waals surface area contributed by atoms with Gasteiger partial charge in [0.1, 0.15) is 17.6 Å². The lowest BCUT2D eigenvalue weighted by atomic mass is 9.81. The van der Waals surface area contributed by atoms with Crippen LogP contribution in [0.5, 0.6) is 17.4 Å². The fourth-order valence-corrected chi connectivity index (χ4v) is 3.75. The number of ether oxygens (including phenoxy) is 1. The Balaban J connectivity index is 1.74. The zero-order valence-electron chi connectivity index (χ0n) is 15.1. The average molecular weight is 343 g/mol. The van der Waals surface area contributed by atoms with Crippen LogP contribution in [-0.4, -0.2) is 37.6 Å². The van der Waals surface area contributed by atoms with Crippen molar-refractivity contribution in [2.45, 2.75) is 57.7 Å². The van der Waals surface area contributed by atoms with Crippen LogP contribution in [0.4, 0.5) is 0 Å². The van der Waals surface area contributed by atoms with Crippen LogP contribution in [0.25, 0.3) is 11.3 Å². The third-order valence-electron chi connectivity index (χ3n) is 4.34. The normalized spacial score (nSPS) is 19.5. The van der Waals surface area contributed by atoms with E-state index in [0.29, 0.717) is 17.1 Å². The van der Waals surface area contributed by atoms with Crippen LogP contribution in [0.1, 0.15) is 40.5 Å². The fraction of sp³-hybridized carbons (Fsp3) is 0.474. The average Bonchev–Trinajstić information content (AvgIpc) is 2.45. The molecule has 3 N–H and O–H groups in total. The summed E-state index contributed by atoms with van der Waals surface area (Å²) >= 11 is 0. The summed E-state index contributed by atoms with van der Waals surface area (Å²) in [7, 11) is 0. The van der Waals surface area contributed by atoms with Crippen molar-refractivity contribution in [1.82, 2.24) is 15.5 Å². The number of hydrogen-bond donors (Lipinski definition) is 3. The molecule has 0 amide bonds. The molecule has 0 aliphatic carbocycles. The molecule has 3 rings (SSSR count). The van der Waals surface area contributed by atoms with Gasteiger partial charge in [-0.3, -0.25) is 0 Å². The topological polar surface area (TPSA) is 87.5 Å². The first-order chi connectivity index (χ1) is 11.6. The summed E-state index contributed by atoms with van der Waals surface area (Å²) in [5.41, 5.74) is 1.03. The van der Waals surface area contributed by atoms with Crippen LogP contribution in [0.2, 0.25) is 0 Å². The lowest BCUT2D eigenvalue weighted by Crippen LogP contribution is -2.60. The van der Waals surface area contributed by atoms with Crippen molar-refractivity contribution in [1.29, 1.82) is 0 Å². The molecule has 0 bridgehead atoms. The summed E-state index contributed by atoms with van der Waals surface area (Å²) in [6, 6.07) is 7.90. The number of rotatable bonds is 3. The van der Waals surface area contributed by atoms with Gasteiger partial charge in [-0.1, -0.05) is 0 Å². The predicted molar refractivity (Wildman–Crippen MR) is 95.7 cm³/mol.